The van der Waals surface area contributed by atoms with E-state index in [1.54, 1.807) is 23.1 Å². The second kappa shape index (κ2) is 4.70. The van der Waals surface area contributed by atoms with Gasteiger partial charge in [0.05, 0.1) is 10.0 Å². The summed E-state index contributed by atoms with van der Waals surface area (Å²) in [7, 11) is 0. The topological polar surface area (TPSA) is 40.5 Å². The molecule has 4 heteroatoms. The zero-order valence-corrected chi connectivity index (χ0v) is 10.3. The van der Waals surface area contributed by atoms with Crippen molar-refractivity contribution >= 4 is 21.8 Å². The van der Waals surface area contributed by atoms with Gasteiger partial charge in [0, 0.05) is 13.1 Å². The van der Waals surface area contributed by atoms with Gasteiger partial charge in [-0.25, -0.2) is 0 Å². The number of rotatable bonds is 1. The molecule has 84 valence electrons. The molecule has 0 saturated heterocycles. The highest BCUT2D eigenvalue weighted by Crippen LogP contribution is 2.28. The van der Waals surface area contributed by atoms with Crippen molar-refractivity contribution in [2.24, 2.45) is 0 Å². The molecule has 0 fully saturated rings. The van der Waals surface area contributed by atoms with E-state index >= 15 is 0 Å². The smallest absolute Gasteiger partial charge is 0.257 e. The molecule has 1 heterocycles. The summed E-state index contributed by atoms with van der Waals surface area (Å²) in [5, 5.41) is 9.79. The Morgan fingerprint density at radius 3 is 2.88 bits per heavy atom. The molecule has 1 aliphatic heterocycles. The van der Waals surface area contributed by atoms with E-state index in [-0.39, 0.29) is 11.7 Å². The molecule has 16 heavy (non-hydrogen) atoms. The number of para-hydroxylation sites is 1. The van der Waals surface area contributed by atoms with E-state index in [0.717, 1.165) is 6.42 Å². The highest BCUT2D eigenvalue weighted by Gasteiger charge is 2.19. The van der Waals surface area contributed by atoms with Gasteiger partial charge in [-0.15, -0.1) is 0 Å². The third kappa shape index (κ3) is 2.11. The van der Waals surface area contributed by atoms with Gasteiger partial charge in [-0.1, -0.05) is 18.2 Å². The van der Waals surface area contributed by atoms with Crippen LogP contribution in [-0.2, 0) is 0 Å². The number of hydrogen-bond donors (Lipinski definition) is 1. The van der Waals surface area contributed by atoms with Gasteiger partial charge in [0.1, 0.15) is 5.75 Å². The largest absolute Gasteiger partial charge is 0.506 e. The van der Waals surface area contributed by atoms with E-state index in [1.807, 2.05) is 6.08 Å². The molecule has 0 aromatic heterocycles. The summed E-state index contributed by atoms with van der Waals surface area (Å²) in [6, 6.07) is 5.10. The van der Waals surface area contributed by atoms with Gasteiger partial charge in [-0.2, -0.15) is 0 Å². The number of nitrogens with zero attached hydrogens (tertiary/aromatic N) is 1. The highest BCUT2D eigenvalue weighted by atomic mass is 79.9. The van der Waals surface area contributed by atoms with Crippen LogP contribution in [0, 0.1) is 0 Å². The molecule has 2 rings (SSSR count). The molecule has 1 N–H and O–H groups in total. The molecule has 1 aliphatic rings. The highest BCUT2D eigenvalue weighted by molar-refractivity contribution is 9.10. The lowest BCUT2D eigenvalue weighted by Gasteiger charge is -2.23. The van der Waals surface area contributed by atoms with Crippen LogP contribution in [0.1, 0.15) is 16.8 Å². The van der Waals surface area contributed by atoms with Crippen LogP contribution in [-0.4, -0.2) is 29.0 Å². The van der Waals surface area contributed by atoms with Crippen LogP contribution in [0.5, 0.6) is 5.75 Å². The SMILES string of the molecule is O=C(c1cccc(Br)c1O)N1CC=CCC1. The van der Waals surface area contributed by atoms with Crippen LogP contribution in [0.2, 0.25) is 0 Å². The average Bonchev–Trinajstić information content (AvgIpc) is 2.33. The van der Waals surface area contributed by atoms with Crippen molar-refractivity contribution in [3.05, 3.63) is 40.4 Å². The summed E-state index contributed by atoms with van der Waals surface area (Å²) in [5.74, 6) is -0.106. The maximum absolute atomic E-state index is 12.1. The van der Waals surface area contributed by atoms with E-state index in [1.165, 1.54) is 0 Å². The van der Waals surface area contributed by atoms with Crippen molar-refractivity contribution in [2.45, 2.75) is 6.42 Å². The van der Waals surface area contributed by atoms with Crippen LogP contribution < -0.4 is 0 Å². The Balaban J connectivity index is 2.26. The number of amides is 1. The first kappa shape index (κ1) is 11.2. The number of halogens is 1. The van der Waals surface area contributed by atoms with E-state index in [2.05, 4.69) is 22.0 Å². The number of hydrogen-bond acceptors (Lipinski definition) is 2. The summed E-state index contributed by atoms with van der Waals surface area (Å²) in [6.45, 7) is 1.33. The van der Waals surface area contributed by atoms with Crippen LogP contribution in [0.25, 0.3) is 0 Å². The fourth-order valence-electron chi connectivity index (χ4n) is 1.68. The Hall–Kier alpha value is -1.29. The Labute approximate surface area is 103 Å². The Bertz CT molecular complexity index is 443. The van der Waals surface area contributed by atoms with E-state index < -0.39 is 0 Å². The number of carbonyl (C=O) groups excluding carboxylic acids is 1. The average molecular weight is 282 g/mol. The third-order valence-corrected chi connectivity index (χ3v) is 3.20. The lowest BCUT2D eigenvalue weighted by atomic mass is 10.1. The first-order chi connectivity index (χ1) is 7.70. The maximum atomic E-state index is 12.1. The van der Waals surface area contributed by atoms with Crippen LogP contribution in [0.3, 0.4) is 0 Å². The number of benzene rings is 1. The minimum Gasteiger partial charge on any atom is -0.506 e. The summed E-state index contributed by atoms with van der Waals surface area (Å²) in [6.07, 6.45) is 4.90. The van der Waals surface area contributed by atoms with Gasteiger partial charge in [0.15, 0.2) is 0 Å². The second-order valence-electron chi connectivity index (χ2n) is 3.65. The Kier molecular flexibility index (Phi) is 3.29. The first-order valence-corrected chi connectivity index (χ1v) is 5.91. The molecular weight excluding hydrogens is 270 g/mol. The summed E-state index contributed by atoms with van der Waals surface area (Å²) < 4.78 is 0.547. The number of phenols is 1. The van der Waals surface area contributed by atoms with Crippen molar-refractivity contribution in [3.8, 4) is 5.75 Å². The molecule has 0 atom stereocenters. The molecule has 0 radical (unpaired) electrons. The van der Waals surface area contributed by atoms with E-state index in [4.69, 9.17) is 0 Å². The van der Waals surface area contributed by atoms with E-state index in [0.29, 0.717) is 23.1 Å². The molecule has 0 unspecified atom stereocenters. The lowest BCUT2D eigenvalue weighted by Crippen LogP contribution is -2.33. The molecule has 3 nitrogen and oxygen atoms in total. The summed E-state index contributed by atoms with van der Waals surface area (Å²) in [4.78, 5) is 13.8. The predicted octanol–water partition coefficient (Wildman–Crippen LogP) is 2.56. The normalized spacial score (nSPS) is 15.2. The molecule has 0 aliphatic carbocycles. The monoisotopic (exact) mass is 281 g/mol. The lowest BCUT2D eigenvalue weighted by molar-refractivity contribution is 0.0768. The minimum absolute atomic E-state index is 0.0158. The Morgan fingerprint density at radius 2 is 2.19 bits per heavy atom. The summed E-state index contributed by atoms with van der Waals surface area (Å²) >= 11 is 3.20. The van der Waals surface area contributed by atoms with Crippen molar-refractivity contribution in [1.82, 2.24) is 4.90 Å². The molecule has 1 aromatic carbocycles. The molecular formula is C12H12BrNO2. The van der Waals surface area contributed by atoms with Crippen LogP contribution >= 0.6 is 15.9 Å². The van der Waals surface area contributed by atoms with Gasteiger partial charge >= 0.3 is 0 Å². The predicted molar refractivity (Wildman–Crippen MR) is 65.5 cm³/mol. The van der Waals surface area contributed by atoms with Crippen LogP contribution in [0.4, 0.5) is 0 Å². The zero-order chi connectivity index (χ0) is 11.5. The first-order valence-electron chi connectivity index (χ1n) is 5.12. The van der Waals surface area contributed by atoms with Crippen molar-refractivity contribution < 1.29 is 9.90 Å². The van der Waals surface area contributed by atoms with Gasteiger partial charge < -0.3 is 10.0 Å². The van der Waals surface area contributed by atoms with Crippen molar-refractivity contribution in [2.75, 3.05) is 13.1 Å². The minimum atomic E-state index is -0.122. The third-order valence-electron chi connectivity index (χ3n) is 2.56. The standard InChI is InChI=1S/C12H12BrNO2/c13-10-6-4-5-9(11(10)15)12(16)14-7-2-1-3-8-14/h1-2,4-6,15H,3,7-8H2. The van der Waals surface area contributed by atoms with Gasteiger partial charge in [-0.05, 0) is 34.5 Å². The zero-order valence-electron chi connectivity index (χ0n) is 8.69. The van der Waals surface area contributed by atoms with Gasteiger partial charge in [-0.3, -0.25) is 4.79 Å². The van der Waals surface area contributed by atoms with Crippen molar-refractivity contribution in [1.29, 1.82) is 0 Å². The van der Waals surface area contributed by atoms with E-state index in [9.17, 15) is 9.90 Å². The van der Waals surface area contributed by atoms with Gasteiger partial charge in [0.2, 0.25) is 0 Å². The van der Waals surface area contributed by atoms with Crippen molar-refractivity contribution in [3.63, 3.8) is 0 Å². The fraction of sp³-hybridized carbons (Fsp3) is 0.250. The number of carbonyl (C=O) groups is 1. The molecule has 1 aromatic rings. The molecule has 1 amide bonds. The maximum Gasteiger partial charge on any atom is 0.257 e. The number of phenolic OH excluding ortho intramolecular Hbond substituents is 1. The quantitative estimate of drug-likeness (QED) is 0.804. The van der Waals surface area contributed by atoms with Crippen LogP contribution in [0.15, 0.2) is 34.8 Å². The number of aromatic hydroxyl groups is 1. The molecule has 0 saturated carbocycles. The summed E-state index contributed by atoms with van der Waals surface area (Å²) in [5.41, 5.74) is 0.352. The second-order valence-corrected chi connectivity index (χ2v) is 4.50. The van der Waals surface area contributed by atoms with Gasteiger partial charge in [0.25, 0.3) is 5.91 Å². The fourth-order valence-corrected chi connectivity index (χ4v) is 2.05. The molecule has 0 spiro atoms. The molecule has 0 bridgehead atoms. The Morgan fingerprint density at radius 1 is 1.38 bits per heavy atom.